The molecule has 0 aromatic rings. The number of hydrogen-bond donors (Lipinski definition) is 0. The van der Waals surface area contributed by atoms with Crippen molar-refractivity contribution in [3.05, 3.63) is 0 Å². The van der Waals surface area contributed by atoms with Gasteiger partial charge in [-0.15, -0.1) is 0 Å². The van der Waals surface area contributed by atoms with E-state index in [1.807, 2.05) is 0 Å². The maximum atomic E-state index is 12.0. The van der Waals surface area contributed by atoms with Crippen molar-refractivity contribution >= 4 is 0 Å². The Kier molecular flexibility index (Phi) is 8.59. The molecule has 24 heteroatoms. The van der Waals surface area contributed by atoms with Crippen LogP contribution in [0.2, 0.25) is 0 Å². The highest BCUT2D eigenvalue weighted by Gasteiger charge is 2.89. The van der Waals surface area contributed by atoms with Crippen LogP contribution in [0.5, 0.6) is 0 Å². The lowest BCUT2D eigenvalue weighted by atomic mass is 10.0. The fourth-order valence-electron chi connectivity index (χ4n) is 1.11. The molecule has 0 bridgehead atoms. The molecule has 0 N–H and O–H groups in total. The summed E-state index contributed by atoms with van der Waals surface area (Å²) in [6, 6.07) is 0. The molecule has 0 fully saturated rings. The lowest BCUT2D eigenvalue weighted by Crippen LogP contribution is -2.65. The summed E-state index contributed by atoms with van der Waals surface area (Å²) in [7, 11) is 0. The molecule has 0 aliphatic heterocycles. The van der Waals surface area contributed by atoms with Crippen molar-refractivity contribution in [3.8, 4) is 0 Å². The van der Waals surface area contributed by atoms with Crippen molar-refractivity contribution in [3.63, 3.8) is 0 Å². The summed E-state index contributed by atoms with van der Waals surface area (Å²) >= 11 is 0. The van der Waals surface area contributed by atoms with E-state index in [1.165, 1.54) is 0 Å². The van der Waals surface area contributed by atoms with Gasteiger partial charge in [-0.05, 0) is 0 Å². The Labute approximate surface area is 167 Å². The van der Waals surface area contributed by atoms with Crippen LogP contribution in [0.1, 0.15) is 0 Å². The second-order valence-corrected chi connectivity index (χ2v) is 5.44. The van der Waals surface area contributed by atoms with Gasteiger partial charge in [-0.2, -0.15) is 105 Å². The summed E-state index contributed by atoms with van der Waals surface area (Å²) in [6.07, 6.45) is -29.0. The topological polar surface area (TPSA) is 0 Å². The Morgan fingerprint density at radius 3 is 0.294 bits per heavy atom. The molecule has 0 saturated heterocycles. The zero-order valence-corrected chi connectivity index (χ0v) is 14.1. The van der Waals surface area contributed by atoms with Gasteiger partial charge in [0.15, 0.2) is 0 Å². The van der Waals surface area contributed by atoms with E-state index in [0.717, 1.165) is 0 Å². The van der Waals surface area contributed by atoms with Crippen LogP contribution in [0.3, 0.4) is 0 Å². The van der Waals surface area contributed by atoms with Gasteiger partial charge in [-0.1, -0.05) is 0 Å². The predicted octanol–water partition coefficient (Wildman–Crippen LogP) is 8.03. The third-order valence-corrected chi connectivity index (χ3v) is 3.00. The second kappa shape index (κ2) is 8.47. The molecule has 0 aromatic heterocycles. The summed E-state index contributed by atoms with van der Waals surface area (Å²) in [4.78, 5) is 0. The fraction of sp³-hybridized carbons (Fsp3) is 1.00. The average molecular weight is 576 g/mol. The van der Waals surface area contributed by atoms with Crippen molar-refractivity contribution in [1.82, 2.24) is 0 Å². The summed E-state index contributed by atoms with van der Waals surface area (Å²) in [5.41, 5.74) is 0. The molecule has 0 amide bonds. The van der Waals surface area contributed by atoms with Gasteiger partial charge < -0.3 is 0 Å². The Bertz CT molecular complexity index is 561. The molecule has 0 atom stereocenters. The summed E-state index contributed by atoms with van der Waals surface area (Å²) < 4.78 is 279. The van der Waals surface area contributed by atoms with Gasteiger partial charge >= 0.3 is 60.2 Å². The van der Waals surface area contributed by atoms with Crippen molar-refractivity contribution in [1.29, 1.82) is 0 Å². The number of hydrogen-bond acceptors (Lipinski definition) is 0. The highest BCUT2D eigenvalue weighted by Crippen LogP contribution is 2.58. The predicted molar refractivity (Wildman–Crippen MR) is 53.9 cm³/mol. The summed E-state index contributed by atoms with van der Waals surface area (Å²) in [5, 5.41) is 0. The molecule has 0 unspecified atom stereocenters. The molecule has 0 radical (unpaired) electrons. The molecule has 0 saturated carbocycles. The summed E-state index contributed by atoms with van der Waals surface area (Å²) in [6.45, 7) is 0. The second-order valence-electron chi connectivity index (χ2n) is 5.44. The lowest BCUT2D eigenvalue weighted by molar-refractivity contribution is -0.438. The van der Waals surface area contributed by atoms with E-state index in [4.69, 9.17) is 0 Å². The third kappa shape index (κ3) is 5.27. The normalized spacial score (nSPS) is 16.2. The van der Waals surface area contributed by atoms with Crippen LogP contribution in [-0.2, 0) is 0 Å². The molecule has 0 aliphatic rings. The smallest absolute Gasteiger partial charge is 0.192 e. The molecule has 0 aromatic carbocycles. The van der Waals surface area contributed by atoms with Crippen molar-refractivity contribution in [2.45, 2.75) is 60.2 Å². The highest BCUT2D eigenvalue weighted by atomic mass is 19.5. The minimum Gasteiger partial charge on any atom is -0.192 e. The van der Waals surface area contributed by atoms with Crippen LogP contribution < -0.4 is 0 Å². The molecule has 0 rings (SSSR count). The summed E-state index contributed by atoms with van der Waals surface area (Å²) in [5.74, 6) is -45.4. The first-order chi connectivity index (χ1) is 14.0. The lowest BCUT2D eigenvalue weighted by Gasteiger charge is -2.34. The largest absolute Gasteiger partial charge is 0.460 e. The van der Waals surface area contributed by atoms with E-state index >= 15 is 0 Å². The Morgan fingerprint density at radius 1 is 0.147 bits per heavy atom. The third-order valence-electron chi connectivity index (χ3n) is 3.00. The van der Waals surface area contributed by atoms with Gasteiger partial charge in [-0.3, -0.25) is 0 Å². The quantitative estimate of drug-likeness (QED) is 0.298. The molecule has 0 aliphatic carbocycles. The van der Waals surface area contributed by atoms with Crippen LogP contribution in [0.25, 0.3) is 0 Å². The molecule has 0 nitrogen and oxygen atoms in total. The molecule has 0 spiro atoms. The molecular weight excluding hydrogens is 576 g/mol. The van der Waals surface area contributed by atoms with Crippen molar-refractivity contribution < 1.29 is 105 Å². The van der Waals surface area contributed by atoms with Gasteiger partial charge in [0.2, 0.25) is 0 Å². The van der Waals surface area contributed by atoms with Crippen LogP contribution in [0.15, 0.2) is 0 Å². The monoisotopic (exact) mass is 576 g/mol. The maximum Gasteiger partial charge on any atom is 0.460 e. The number of alkyl halides is 24. The first kappa shape index (κ1) is 34.5. The van der Waals surface area contributed by atoms with Crippen LogP contribution in [-0.4, -0.2) is 60.2 Å². The number of rotatable bonds is 4. The van der Waals surface area contributed by atoms with Gasteiger partial charge in [0.25, 0.3) is 0 Å². The SMILES string of the molecule is FC(F)(F)C(F)(F)C(F)(F)C(F)(F)C(F)(F)F.FC(F)(F)C(F)(F)C(F)(F)C(F)(F)C(F)(F)F. The van der Waals surface area contributed by atoms with Gasteiger partial charge in [0.05, 0.1) is 0 Å². The Morgan fingerprint density at radius 2 is 0.235 bits per heavy atom. The van der Waals surface area contributed by atoms with E-state index in [0.29, 0.717) is 0 Å². The molecule has 208 valence electrons. The Hall–Kier alpha value is -1.68. The van der Waals surface area contributed by atoms with Crippen LogP contribution in [0, 0.1) is 0 Å². The van der Waals surface area contributed by atoms with E-state index in [1.54, 1.807) is 0 Å². The minimum atomic E-state index is -7.66. The van der Waals surface area contributed by atoms with Crippen molar-refractivity contribution in [2.24, 2.45) is 0 Å². The van der Waals surface area contributed by atoms with Crippen LogP contribution in [0.4, 0.5) is 105 Å². The zero-order chi connectivity index (χ0) is 29.0. The Balaban J connectivity index is 0. The maximum absolute atomic E-state index is 12.0. The van der Waals surface area contributed by atoms with E-state index in [9.17, 15) is 105 Å². The highest BCUT2D eigenvalue weighted by molar-refractivity contribution is 5.04. The minimum absolute atomic E-state index is 7.26. The zero-order valence-electron chi connectivity index (χ0n) is 14.1. The van der Waals surface area contributed by atoms with E-state index in [2.05, 4.69) is 0 Å². The van der Waals surface area contributed by atoms with E-state index < -0.39 is 60.2 Å². The first-order valence-corrected chi connectivity index (χ1v) is 6.54. The molecule has 0 heterocycles. The standard InChI is InChI=1S/2C5F12/c2*6-1(7,2(8,9)4(12,13)14)3(10,11)5(15,16)17. The van der Waals surface area contributed by atoms with E-state index in [-0.39, 0.29) is 0 Å². The van der Waals surface area contributed by atoms with Gasteiger partial charge in [0.1, 0.15) is 0 Å². The molecule has 34 heavy (non-hydrogen) atoms. The first-order valence-electron chi connectivity index (χ1n) is 6.54. The number of halogens is 24. The van der Waals surface area contributed by atoms with Gasteiger partial charge in [-0.25, -0.2) is 0 Å². The fourth-order valence-corrected chi connectivity index (χ4v) is 1.11. The van der Waals surface area contributed by atoms with Crippen LogP contribution >= 0.6 is 0 Å². The molecular formula is C10F24. The average Bonchev–Trinajstić information content (AvgIpc) is 2.50. The van der Waals surface area contributed by atoms with Gasteiger partial charge in [0, 0.05) is 0 Å². The van der Waals surface area contributed by atoms with Crippen molar-refractivity contribution in [2.75, 3.05) is 0 Å².